The van der Waals surface area contributed by atoms with Crippen LogP contribution in [0.15, 0.2) is 30.3 Å². The molecule has 1 amide bonds. The van der Waals surface area contributed by atoms with Gasteiger partial charge in [0.05, 0.1) is 12.6 Å². The Morgan fingerprint density at radius 1 is 1.18 bits per heavy atom. The molecule has 0 bridgehead atoms. The van der Waals surface area contributed by atoms with E-state index in [9.17, 15) is 15.0 Å². The Labute approximate surface area is 132 Å². The predicted molar refractivity (Wildman–Crippen MR) is 85.4 cm³/mol. The molecule has 1 rings (SSSR count). The minimum atomic E-state index is -1.44. The molecule has 0 fully saturated rings. The SMILES string of the molecule is CC(C)(C)OC(=O)N(C(CO)Cc1ccccc1)C(C)(C)O. The largest absolute Gasteiger partial charge is 0.444 e. The van der Waals surface area contributed by atoms with Crippen LogP contribution in [0.1, 0.15) is 40.2 Å². The van der Waals surface area contributed by atoms with Crippen molar-refractivity contribution in [3.8, 4) is 0 Å². The summed E-state index contributed by atoms with van der Waals surface area (Å²) in [6.07, 6.45) is -0.212. The third-order valence-electron chi connectivity index (χ3n) is 3.07. The molecule has 0 aliphatic rings. The molecule has 124 valence electrons. The van der Waals surface area contributed by atoms with Gasteiger partial charge in [-0.1, -0.05) is 30.3 Å². The van der Waals surface area contributed by atoms with Crippen LogP contribution in [0.25, 0.3) is 0 Å². The summed E-state index contributed by atoms with van der Waals surface area (Å²) in [5.74, 6) is 0. The highest BCUT2D eigenvalue weighted by atomic mass is 16.6. The van der Waals surface area contributed by atoms with Crippen molar-refractivity contribution in [1.82, 2.24) is 4.90 Å². The molecular weight excluding hydrogens is 282 g/mol. The molecule has 2 N–H and O–H groups in total. The van der Waals surface area contributed by atoms with Crippen molar-refractivity contribution >= 4 is 6.09 Å². The Balaban J connectivity index is 3.00. The molecule has 5 heteroatoms. The zero-order valence-corrected chi connectivity index (χ0v) is 14.0. The van der Waals surface area contributed by atoms with E-state index in [1.165, 1.54) is 18.7 Å². The zero-order valence-electron chi connectivity index (χ0n) is 14.0. The van der Waals surface area contributed by atoms with Crippen molar-refractivity contribution in [1.29, 1.82) is 0 Å². The summed E-state index contributed by atoms with van der Waals surface area (Å²) in [5.41, 5.74) is -1.14. The highest BCUT2D eigenvalue weighted by molar-refractivity contribution is 5.69. The van der Waals surface area contributed by atoms with Crippen LogP contribution in [0.2, 0.25) is 0 Å². The molecule has 0 aliphatic carbocycles. The van der Waals surface area contributed by atoms with Crippen LogP contribution in [-0.2, 0) is 11.2 Å². The normalized spacial score (nSPS) is 13.6. The first-order valence-electron chi connectivity index (χ1n) is 7.44. The lowest BCUT2D eigenvalue weighted by atomic mass is 10.0. The summed E-state index contributed by atoms with van der Waals surface area (Å²) in [6.45, 7) is 8.03. The van der Waals surface area contributed by atoms with Crippen LogP contribution < -0.4 is 0 Å². The monoisotopic (exact) mass is 309 g/mol. The molecule has 1 atom stereocenters. The van der Waals surface area contributed by atoms with Gasteiger partial charge in [0.2, 0.25) is 0 Å². The fraction of sp³-hybridized carbons (Fsp3) is 0.588. The second-order valence-electron chi connectivity index (χ2n) is 6.87. The van der Waals surface area contributed by atoms with E-state index in [0.29, 0.717) is 6.42 Å². The van der Waals surface area contributed by atoms with Gasteiger partial charge in [-0.3, -0.25) is 4.90 Å². The molecule has 0 spiro atoms. The summed E-state index contributed by atoms with van der Waals surface area (Å²) in [6, 6.07) is 8.95. The van der Waals surface area contributed by atoms with Gasteiger partial charge in [-0.25, -0.2) is 4.79 Å². The molecule has 1 aromatic carbocycles. The van der Waals surface area contributed by atoms with Crippen LogP contribution >= 0.6 is 0 Å². The number of carbonyl (C=O) groups is 1. The first-order valence-corrected chi connectivity index (χ1v) is 7.44. The molecule has 22 heavy (non-hydrogen) atoms. The van der Waals surface area contributed by atoms with Crippen LogP contribution in [0, 0.1) is 0 Å². The second-order valence-corrected chi connectivity index (χ2v) is 6.87. The Kier molecular flexibility index (Phi) is 5.97. The lowest BCUT2D eigenvalue weighted by Gasteiger charge is -2.40. The molecule has 0 aromatic heterocycles. The summed E-state index contributed by atoms with van der Waals surface area (Å²) >= 11 is 0. The lowest BCUT2D eigenvalue weighted by Crippen LogP contribution is -2.56. The van der Waals surface area contributed by atoms with Gasteiger partial charge in [0.25, 0.3) is 0 Å². The fourth-order valence-corrected chi connectivity index (χ4v) is 2.25. The van der Waals surface area contributed by atoms with Crippen molar-refractivity contribution < 1.29 is 19.7 Å². The van der Waals surface area contributed by atoms with Gasteiger partial charge < -0.3 is 14.9 Å². The highest BCUT2D eigenvalue weighted by Gasteiger charge is 2.37. The van der Waals surface area contributed by atoms with E-state index in [1.54, 1.807) is 20.8 Å². The van der Waals surface area contributed by atoms with E-state index in [-0.39, 0.29) is 6.61 Å². The summed E-state index contributed by atoms with van der Waals surface area (Å²) < 4.78 is 5.36. The van der Waals surface area contributed by atoms with Crippen molar-refractivity contribution in [2.45, 2.75) is 58.4 Å². The minimum absolute atomic E-state index is 0.266. The van der Waals surface area contributed by atoms with Crippen molar-refractivity contribution in [3.05, 3.63) is 35.9 Å². The Morgan fingerprint density at radius 2 is 1.73 bits per heavy atom. The molecule has 0 saturated heterocycles. The Morgan fingerprint density at radius 3 is 2.14 bits per heavy atom. The minimum Gasteiger partial charge on any atom is -0.444 e. The summed E-state index contributed by atoms with van der Waals surface area (Å²) in [4.78, 5) is 13.6. The van der Waals surface area contributed by atoms with Gasteiger partial charge in [0.1, 0.15) is 11.3 Å². The zero-order chi connectivity index (χ0) is 17.0. The molecular formula is C17H27NO4. The molecule has 0 radical (unpaired) electrons. The Hall–Kier alpha value is -1.59. The van der Waals surface area contributed by atoms with Crippen LogP contribution in [0.5, 0.6) is 0 Å². The smallest absolute Gasteiger partial charge is 0.412 e. The Bertz CT molecular complexity index is 474. The highest BCUT2D eigenvalue weighted by Crippen LogP contribution is 2.22. The standard InChI is InChI=1S/C17H27NO4/c1-16(2,3)22-15(20)18(17(4,5)21)14(12-19)11-13-9-7-6-8-10-13/h6-10,14,19,21H,11-12H2,1-5H3. The average molecular weight is 309 g/mol. The van der Waals surface area contributed by atoms with Gasteiger partial charge in [0.15, 0.2) is 0 Å². The number of hydrogen-bond donors (Lipinski definition) is 2. The number of rotatable bonds is 5. The van der Waals surface area contributed by atoms with Crippen LogP contribution in [0.4, 0.5) is 4.79 Å². The topological polar surface area (TPSA) is 70.0 Å². The van der Waals surface area contributed by atoms with E-state index in [1.807, 2.05) is 30.3 Å². The number of aliphatic hydroxyl groups is 2. The fourth-order valence-electron chi connectivity index (χ4n) is 2.25. The van der Waals surface area contributed by atoms with E-state index >= 15 is 0 Å². The maximum absolute atomic E-state index is 12.4. The van der Waals surface area contributed by atoms with Gasteiger partial charge >= 0.3 is 6.09 Å². The van der Waals surface area contributed by atoms with E-state index in [2.05, 4.69) is 0 Å². The van der Waals surface area contributed by atoms with Gasteiger partial charge in [-0.2, -0.15) is 0 Å². The van der Waals surface area contributed by atoms with Crippen LogP contribution in [-0.4, -0.2) is 45.2 Å². The van der Waals surface area contributed by atoms with Crippen molar-refractivity contribution in [2.24, 2.45) is 0 Å². The number of hydrogen-bond acceptors (Lipinski definition) is 4. The van der Waals surface area contributed by atoms with Crippen molar-refractivity contribution in [2.75, 3.05) is 6.61 Å². The average Bonchev–Trinajstić information content (AvgIpc) is 2.35. The third kappa shape index (κ3) is 5.66. The number of amides is 1. The van der Waals surface area contributed by atoms with Gasteiger partial charge in [0, 0.05) is 0 Å². The number of carbonyl (C=O) groups excluding carboxylic acids is 1. The molecule has 5 nitrogen and oxygen atoms in total. The predicted octanol–water partition coefficient (Wildman–Crippen LogP) is 2.56. The first-order chi connectivity index (χ1) is 10.0. The first kappa shape index (κ1) is 18.5. The quantitative estimate of drug-likeness (QED) is 0.820. The molecule has 0 aliphatic heterocycles. The summed E-state index contributed by atoms with van der Waals surface area (Å²) in [7, 11) is 0. The molecule has 1 unspecified atom stereocenters. The second kappa shape index (κ2) is 7.11. The summed E-state index contributed by atoms with van der Waals surface area (Å²) in [5, 5.41) is 20.0. The van der Waals surface area contributed by atoms with Crippen molar-refractivity contribution in [3.63, 3.8) is 0 Å². The van der Waals surface area contributed by atoms with Gasteiger partial charge in [-0.05, 0) is 46.6 Å². The number of aliphatic hydroxyl groups excluding tert-OH is 1. The lowest BCUT2D eigenvalue weighted by molar-refractivity contribution is -0.107. The van der Waals surface area contributed by atoms with E-state index < -0.39 is 23.5 Å². The van der Waals surface area contributed by atoms with E-state index in [4.69, 9.17) is 4.74 Å². The number of benzene rings is 1. The molecule has 0 heterocycles. The van der Waals surface area contributed by atoms with Gasteiger partial charge in [-0.15, -0.1) is 0 Å². The molecule has 0 saturated carbocycles. The maximum atomic E-state index is 12.4. The molecule has 1 aromatic rings. The maximum Gasteiger partial charge on any atom is 0.412 e. The third-order valence-corrected chi connectivity index (χ3v) is 3.07. The van der Waals surface area contributed by atoms with E-state index in [0.717, 1.165) is 5.56 Å². The number of nitrogens with zero attached hydrogens (tertiary/aromatic N) is 1. The van der Waals surface area contributed by atoms with Crippen LogP contribution in [0.3, 0.4) is 0 Å². The number of ether oxygens (including phenoxy) is 1.